The molecule has 2 rings (SSSR count). The Morgan fingerprint density at radius 1 is 1.05 bits per heavy atom. The number of nitrogens with zero attached hydrogens (tertiary/aromatic N) is 1. The highest BCUT2D eigenvalue weighted by Crippen LogP contribution is 2.24. The van der Waals surface area contributed by atoms with Gasteiger partial charge in [-0.1, -0.05) is 49.4 Å². The molecule has 0 amide bonds. The fourth-order valence-corrected chi connectivity index (χ4v) is 2.82. The van der Waals surface area contributed by atoms with Gasteiger partial charge in [-0.2, -0.15) is 0 Å². The van der Waals surface area contributed by atoms with Crippen molar-refractivity contribution >= 4 is 10.8 Å². The van der Waals surface area contributed by atoms with E-state index >= 15 is 0 Å². The van der Waals surface area contributed by atoms with Crippen molar-refractivity contribution in [3.8, 4) is 0 Å². The molecule has 1 N–H and O–H groups in total. The van der Waals surface area contributed by atoms with Crippen LogP contribution in [0.1, 0.15) is 26.3 Å². The number of hydrogen-bond donors (Lipinski definition) is 1. The van der Waals surface area contributed by atoms with Crippen molar-refractivity contribution in [2.24, 2.45) is 0 Å². The second-order valence-electron chi connectivity index (χ2n) is 6.50. The number of hydrogen-bond acceptors (Lipinski definition) is 2. The molecule has 0 aliphatic heterocycles. The van der Waals surface area contributed by atoms with Gasteiger partial charge >= 0.3 is 0 Å². The Kier molecular flexibility index (Phi) is 5.02. The summed E-state index contributed by atoms with van der Waals surface area (Å²) in [5.41, 5.74) is 1.53. The zero-order valence-electron chi connectivity index (χ0n) is 14.0. The van der Waals surface area contributed by atoms with E-state index < -0.39 is 0 Å². The first-order chi connectivity index (χ1) is 9.96. The lowest BCUT2D eigenvalue weighted by atomic mass is 9.86. The minimum atomic E-state index is 0.104. The zero-order valence-corrected chi connectivity index (χ0v) is 14.0. The van der Waals surface area contributed by atoms with Crippen LogP contribution < -0.4 is 5.32 Å². The molecular formula is C19H28N2. The molecule has 1 atom stereocenters. The summed E-state index contributed by atoms with van der Waals surface area (Å²) in [6, 6.07) is 15.7. The summed E-state index contributed by atoms with van der Waals surface area (Å²) >= 11 is 0. The standard InChI is InChI=1S/C19H28N2/c1-6-20-18(19(2,3)21(4)5)14-16-12-9-11-15-10-7-8-13-17(15)16/h7-13,18,20H,6,14H2,1-5H3. The van der Waals surface area contributed by atoms with Crippen LogP contribution in [0.5, 0.6) is 0 Å². The van der Waals surface area contributed by atoms with Gasteiger partial charge < -0.3 is 10.2 Å². The molecule has 0 bridgehead atoms. The molecule has 0 aromatic heterocycles. The van der Waals surface area contributed by atoms with E-state index in [-0.39, 0.29) is 5.54 Å². The van der Waals surface area contributed by atoms with Crippen molar-refractivity contribution in [1.82, 2.24) is 10.2 Å². The third-order valence-electron chi connectivity index (χ3n) is 4.76. The van der Waals surface area contributed by atoms with Crippen molar-refractivity contribution in [2.75, 3.05) is 20.6 Å². The number of rotatable bonds is 6. The maximum atomic E-state index is 3.68. The molecule has 1 unspecified atom stereocenters. The van der Waals surface area contributed by atoms with Crippen molar-refractivity contribution in [3.63, 3.8) is 0 Å². The summed E-state index contributed by atoms with van der Waals surface area (Å²) < 4.78 is 0. The first-order valence-corrected chi connectivity index (χ1v) is 7.84. The summed E-state index contributed by atoms with van der Waals surface area (Å²) in [4.78, 5) is 2.31. The van der Waals surface area contributed by atoms with Crippen LogP contribution in [0.4, 0.5) is 0 Å². The van der Waals surface area contributed by atoms with Gasteiger partial charge in [-0.25, -0.2) is 0 Å². The largest absolute Gasteiger partial charge is 0.312 e. The number of nitrogens with one attached hydrogen (secondary N) is 1. The van der Waals surface area contributed by atoms with Gasteiger partial charge in [0.05, 0.1) is 0 Å². The normalized spacial score (nSPS) is 13.8. The van der Waals surface area contributed by atoms with E-state index in [4.69, 9.17) is 0 Å². The molecule has 2 aromatic rings. The molecule has 0 spiro atoms. The zero-order chi connectivity index (χ0) is 15.5. The van der Waals surface area contributed by atoms with Crippen molar-refractivity contribution in [3.05, 3.63) is 48.0 Å². The minimum absolute atomic E-state index is 0.104. The Hall–Kier alpha value is -1.38. The highest BCUT2D eigenvalue weighted by atomic mass is 15.2. The maximum absolute atomic E-state index is 3.68. The van der Waals surface area contributed by atoms with Gasteiger partial charge in [0.25, 0.3) is 0 Å². The number of benzene rings is 2. The first kappa shape index (κ1) is 16.0. The second kappa shape index (κ2) is 6.59. The van der Waals surface area contributed by atoms with Crippen molar-refractivity contribution < 1.29 is 0 Å². The maximum Gasteiger partial charge on any atom is 0.0303 e. The molecule has 0 saturated heterocycles. The summed E-state index contributed by atoms with van der Waals surface area (Å²) in [7, 11) is 4.32. The fraction of sp³-hybridized carbons (Fsp3) is 0.474. The molecule has 114 valence electrons. The van der Waals surface area contributed by atoms with Crippen molar-refractivity contribution in [1.29, 1.82) is 0 Å². The van der Waals surface area contributed by atoms with E-state index in [1.807, 2.05) is 0 Å². The predicted octanol–water partition coefficient (Wildman–Crippen LogP) is 3.70. The number of likely N-dealkylation sites (N-methyl/N-ethyl adjacent to an activating group) is 2. The number of fused-ring (bicyclic) bond motifs is 1. The summed E-state index contributed by atoms with van der Waals surface area (Å²) in [6.07, 6.45) is 1.04. The Morgan fingerprint density at radius 2 is 1.71 bits per heavy atom. The fourth-order valence-electron chi connectivity index (χ4n) is 2.82. The molecule has 0 aliphatic carbocycles. The van der Waals surface area contributed by atoms with Crippen LogP contribution in [-0.2, 0) is 6.42 Å². The van der Waals surface area contributed by atoms with Crippen LogP contribution in [0, 0.1) is 0 Å². The van der Waals surface area contributed by atoms with Crippen LogP contribution >= 0.6 is 0 Å². The Balaban J connectivity index is 2.35. The monoisotopic (exact) mass is 284 g/mol. The van der Waals surface area contributed by atoms with Crippen molar-refractivity contribution in [2.45, 2.75) is 38.8 Å². The van der Waals surface area contributed by atoms with E-state index in [0.29, 0.717) is 6.04 Å². The highest BCUT2D eigenvalue weighted by Gasteiger charge is 2.31. The van der Waals surface area contributed by atoms with E-state index in [1.54, 1.807) is 0 Å². The Morgan fingerprint density at radius 3 is 2.38 bits per heavy atom. The topological polar surface area (TPSA) is 15.3 Å². The smallest absolute Gasteiger partial charge is 0.0303 e. The van der Waals surface area contributed by atoms with Gasteiger partial charge in [0.1, 0.15) is 0 Å². The van der Waals surface area contributed by atoms with Crippen LogP contribution in [0.2, 0.25) is 0 Å². The van der Waals surface area contributed by atoms with Crippen LogP contribution in [0.25, 0.3) is 10.8 Å². The molecule has 0 saturated carbocycles. The van der Waals surface area contributed by atoms with Gasteiger partial charge in [0, 0.05) is 11.6 Å². The SMILES string of the molecule is CCNC(Cc1cccc2ccccc12)C(C)(C)N(C)C. The van der Waals surface area contributed by atoms with Gasteiger partial charge in [-0.15, -0.1) is 0 Å². The highest BCUT2D eigenvalue weighted by molar-refractivity contribution is 5.85. The molecule has 0 fully saturated rings. The molecule has 0 heterocycles. The Bertz CT molecular complexity index is 582. The molecule has 2 aromatic carbocycles. The van der Waals surface area contributed by atoms with Crippen LogP contribution in [-0.4, -0.2) is 37.1 Å². The summed E-state index contributed by atoms with van der Waals surface area (Å²) in [5, 5.41) is 6.38. The quantitative estimate of drug-likeness (QED) is 0.870. The average molecular weight is 284 g/mol. The van der Waals surface area contributed by atoms with Crippen LogP contribution in [0.3, 0.4) is 0 Å². The predicted molar refractivity (Wildman–Crippen MR) is 92.9 cm³/mol. The van der Waals surface area contributed by atoms with E-state index in [9.17, 15) is 0 Å². The molecule has 0 radical (unpaired) electrons. The van der Waals surface area contributed by atoms with Crippen LogP contribution in [0.15, 0.2) is 42.5 Å². The minimum Gasteiger partial charge on any atom is -0.312 e. The summed E-state index contributed by atoms with van der Waals surface area (Å²) in [6.45, 7) is 7.80. The molecular weight excluding hydrogens is 256 g/mol. The molecule has 0 aliphatic rings. The average Bonchev–Trinajstić information content (AvgIpc) is 2.47. The van der Waals surface area contributed by atoms with Gasteiger partial charge in [-0.3, -0.25) is 0 Å². The Labute approximate surface area is 129 Å². The van der Waals surface area contributed by atoms with E-state index in [0.717, 1.165) is 13.0 Å². The third-order valence-corrected chi connectivity index (χ3v) is 4.76. The lowest BCUT2D eigenvalue weighted by molar-refractivity contribution is 0.138. The van der Waals surface area contributed by atoms with Gasteiger partial charge in [0.15, 0.2) is 0 Å². The van der Waals surface area contributed by atoms with Gasteiger partial charge in [0.2, 0.25) is 0 Å². The molecule has 2 heteroatoms. The lowest BCUT2D eigenvalue weighted by Crippen LogP contribution is -2.56. The molecule has 21 heavy (non-hydrogen) atoms. The third kappa shape index (κ3) is 3.45. The first-order valence-electron chi connectivity index (χ1n) is 7.84. The van der Waals surface area contributed by atoms with E-state index in [2.05, 4.69) is 87.5 Å². The molecule has 2 nitrogen and oxygen atoms in total. The van der Waals surface area contributed by atoms with E-state index in [1.165, 1.54) is 16.3 Å². The summed E-state index contributed by atoms with van der Waals surface area (Å²) in [5.74, 6) is 0. The van der Waals surface area contributed by atoms with Gasteiger partial charge in [-0.05, 0) is 57.2 Å². The second-order valence-corrected chi connectivity index (χ2v) is 6.50. The lowest BCUT2D eigenvalue weighted by Gasteiger charge is -2.41.